The third-order valence-electron chi connectivity index (χ3n) is 6.67. The van der Waals surface area contributed by atoms with E-state index in [4.69, 9.17) is 0 Å². The molecule has 1 N–H and O–H groups in total. The van der Waals surface area contributed by atoms with Crippen LogP contribution < -0.4 is 5.32 Å². The SMILES string of the molecule is N#CC1(n2cc([C@@H](NCC3CCCCC3)C3CCCCC3)nn2)CC1. The van der Waals surface area contributed by atoms with Gasteiger partial charge in [0, 0.05) is 0 Å². The van der Waals surface area contributed by atoms with Gasteiger partial charge >= 0.3 is 0 Å². The van der Waals surface area contributed by atoms with Crippen LogP contribution in [0.1, 0.15) is 88.8 Å². The lowest BCUT2D eigenvalue weighted by Crippen LogP contribution is -2.34. The van der Waals surface area contributed by atoms with E-state index in [0.717, 1.165) is 31.0 Å². The molecular formula is C20H31N5. The lowest BCUT2D eigenvalue weighted by atomic mass is 9.82. The van der Waals surface area contributed by atoms with Crippen molar-refractivity contribution in [2.24, 2.45) is 11.8 Å². The second kappa shape index (κ2) is 7.45. The maximum absolute atomic E-state index is 9.43. The Hall–Kier alpha value is -1.41. The summed E-state index contributed by atoms with van der Waals surface area (Å²) in [6.45, 7) is 1.11. The summed E-state index contributed by atoms with van der Waals surface area (Å²) < 4.78 is 1.83. The molecule has 5 nitrogen and oxygen atoms in total. The molecule has 3 fully saturated rings. The molecule has 0 saturated heterocycles. The predicted molar refractivity (Wildman–Crippen MR) is 96.7 cm³/mol. The van der Waals surface area contributed by atoms with E-state index in [2.05, 4.69) is 27.9 Å². The van der Waals surface area contributed by atoms with Crippen LogP contribution in [0, 0.1) is 23.2 Å². The largest absolute Gasteiger partial charge is 0.308 e. The fourth-order valence-corrected chi connectivity index (χ4v) is 4.80. The lowest BCUT2D eigenvalue weighted by molar-refractivity contribution is 0.244. The summed E-state index contributed by atoms with van der Waals surface area (Å²) >= 11 is 0. The molecule has 25 heavy (non-hydrogen) atoms. The van der Waals surface area contributed by atoms with Gasteiger partial charge in [-0.05, 0) is 56.9 Å². The minimum absolute atomic E-state index is 0.311. The standard InChI is InChI=1S/C20H31N5/c21-15-20(11-12-20)25-14-18(23-24-25)19(17-9-5-2-6-10-17)22-13-16-7-3-1-4-8-16/h14,16-17,19,22H,1-13H2/t19-/m0/s1. The Morgan fingerprint density at radius 1 is 1.12 bits per heavy atom. The smallest absolute Gasteiger partial charge is 0.150 e. The molecule has 0 bridgehead atoms. The van der Waals surface area contributed by atoms with E-state index in [9.17, 15) is 5.26 Å². The molecule has 1 heterocycles. The van der Waals surface area contributed by atoms with Crippen molar-refractivity contribution < 1.29 is 0 Å². The van der Waals surface area contributed by atoms with Crippen LogP contribution in [0.4, 0.5) is 0 Å². The first kappa shape index (κ1) is 17.0. The van der Waals surface area contributed by atoms with Gasteiger partial charge in [-0.1, -0.05) is 43.7 Å². The van der Waals surface area contributed by atoms with Crippen molar-refractivity contribution in [3.05, 3.63) is 11.9 Å². The number of nitriles is 1. The average Bonchev–Trinajstić information content (AvgIpc) is 3.33. The molecule has 3 aliphatic rings. The Morgan fingerprint density at radius 2 is 1.80 bits per heavy atom. The molecule has 0 unspecified atom stereocenters. The van der Waals surface area contributed by atoms with E-state index in [1.165, 1.54) is 64.2 Å². The fourth-order valence-electron chi connectivity index (χ4n) is 4.80. The van der Waals surface area contributed by atoms with E-state index in [-0.39, 0.29) is 0 Å². The highest BCUT2D eigenvalue weighted by Crippen LogP contribution is 2.43. The molecule has 1 aromatic rings. The first-order chi connectivity index (χ1) is 12.3. The topological polar surface area (TPSA) is 66.5 Å². The quantitative estimate of drug-likeness (QED) is 0.846. The zero-order valence-electron chi connectivity index (χ0n) is 15.3. The van der Waals surface area contributed by atoms with E-state index in [1.807, 2.05) is 4.68 Å². The second-order valence-electron chi connectivity index (χ2n) is 8.52. The van der Waals surface area contributed by atoms with Crippen LogP contribution in [0.3, 0.4) is 0 Å². The Bertz CT molecular complexity index is 600. The number of nitrogens with one attached hydrogen (secondary N) is 1. The molecule has 0 amide bonds. The summed E-state index contributed by atoms with van der Waals surface area (Å²) in [5, 5.41) is 22.2. The number of nitrogens with zero attached hydrogens (tertiary/aromatic N) is 4. The van der Waals surface area contributed by atoms with Gasteiger partial charge in [-0.25, -0.2) is 4.68 Å². The van der Waals surface area contributed by atoms with Crippen LogP contribution >= 0.6 is 0 Å². The molecular weight excluding hydrogens is 310 g/mol. The average molecular weight is 342 g/mol. The predicted octanol–water partition coefficient (Wildman–Crippen LogP) is 4.08. The molecule has 3 aliphatic carbocycles. The van der Waals surface area contributed by atoms with Crippen molar-refractivity contribution in [1.29, 1.82) is 5.26 Å². The molecule has 4 rings (SSSR count). The Labute approximate surface area is 151 Å². The van der Waals surface area contributed by atoms with Crippen molar-refractivity contribution in [2.75, 3.05) is 6.54 Å². The highest BCUT2D eigenvalue weighted by Gasteiger charge is 2.47. The van der Waals surface area contributed by atoms with Gasteiger partial charge in [0.1, 0.15) is 0 Å². The molecule has 0 aliphatic heterocycles. The first-order valence-corrected chi connectivity index (χ1v) is 10.4. The lowest BCUT2D eigenvalue weighted by Gasteiger charge is -2.32. The minimum Gasteiger partial charge on any atom is -0.308 e. The molecule has 1 aromatic heterocycles. The van der Waals surface area contributed by atoms with Crippen LogP contribution in [0.5, 0.6) is 0 Å². The summed E-state index contributed by atoms with van der Waals surface area (Å²) in [5.74, 6) is 1.49. The van der Waals surface area contributed by atoms with Gasteiger partial charge in [-0.2, -0.15) is 5.26 Å². The van der Waals surface area contributed by atoms with E-state index < -0.39 is 5.54 Å². The number of hydrogen-bond acceptors (Lipinski definition) is 4. The summed E-state index contributed by atoms with van der Waals surface area (Å²) in [6, 6.07) is 2.73. The van der Waals surface area contributed by atoms with Crippen molar-refractivity contribution >= 4 is 0 Å². The highest BCUT2D eigenvalue weighted by atomic mass is 15.5. The molecule has 3 saturated carbocycles. The third kappa shape index (κ3) is 3.74. The van der Waals surface area contributed by atoms with Crippen LogP contribution in [-0.4, -0.2) is 21.5 Å². The minimum atomic E-state index is -0.397. The van der Waals surface area contributed by atoms with Crippen molar-refractivity contribution in [3.8, 4) is 6.07 Å². The maximum Gasteiger partial charge on any atom is 0.150 e. The Kier molecular flexibility index (Phi) is 5.08. The molecule has 5 heteroatoms. The number of rotatable bonds is 6. The van der Waals surface area contributed by atoms with Crippen molar-refractivity contribution in [2.45, 2.75) is 88.6 Å². The van der Waals surface area contributed by atoms with E-state index in [0.29, 0.717) is 12.0 Å². The molecule has 0 aromatic carbocycles. The van der Waals surface area contributed by atoms with Gasteiger partial charge in [0.05, 0.1) is 24.0 Å². The van der Waals surface area contributed by atoms with Gasteiger partial charge in [0.15, 0.2) is 5.54 Å². The van der Waals surface area contributed by atoms with Gasteiger partial charge in [0.2, 0.25) is 0 Å². The van der Waals surface area contributed by atoms with Crippen LogP contribution in [0.15, 0.2) is 6.20 Å². The Morgan fingerprint density at radius 3 is 2.44 bits per heavy atom. The highest BCUT2D eigenvalue weighted by molar-refractivity contribution is 5.17. The van der Waals surface area contributed by atoms with Crippen LogP contribution in [-0.2, 0) is 5.54 Å². The monoisotopic (exact) mass is 341 g/mol. The summed E-state index contributed by atoms with van der Waals surface area (Å²) in [5.41, 5.74) is 0.662. The number of hydrogen-bond donors (Lipinski definition) is 1. The second-order valence-corrected chi connectivity index (χ2v) is 8.52. The molecule has 1 atom stereocenters. The normalized spacial score (nSPS) is 25.4. The fraction of sp³-hybridized carbons (Fsp3) is 0.850. The zero-order valence-corrected chi connectivity index (χ0v) is 15.3. The summed E-state index contributed by atoms with van der Waals surface area (Å²) in [7, 11) is 0. The zero-order chi connectivity index (χ0) is 17.1. The van der Waals surface area contributed by atoms with Gasteiger partial charge < -0.3 is 5.32 Å². The maximum atomic E-state index is 9.43. The Balaban J connectivity index is 1.47. The van der Waals surface area contributed by atoms with Crippen molar-refractivity contribution in [1.82, 2.24) is 20.3 Å². The molecule has 0 radical (unpaired) electrons. The molecule has 0 spiro atoms. The van der Waals surface area contributed by atoms with Crippen molar-refractivity contribution in [3.63, 3.8) is 0 Å². The molecule has 136 valence electrons. The van der Waals surface area contributed by atoms with Gasteiger partial charge in [-0.15, -0.1) is 5.10 Å². The summed E-state index contributed by atoms with van der Waals surface area (Å²) in [6.07, 6.45) is 17.4. The third-order valence-corrected chi connectivity index (χ3v) is 6.67. The summed E-state index contributed by atoms with van der Waals surface area (Å²) in [4.78, 5) is 0. The van der Waals surface area contributed by atoms with Gasteiger partial charge in [-0.3, -0.25) is 0 Å². The van der Waals surface area contributed by atoms with Crippen LogP contribution in [0.25, 0.3) is 0 Å². The van der Waals surface area contributed by atoms with E-state index >= 15 is 0 Å². The van der Waals surface area contributed by atoms with E-state index in [1.54, 1.807) is 0 Å². The number of aromatic nitrogens is 3. The van der Waals surface area contributed by atoms with Gasteiger partial charge in [0.25, 0.3) is 0 Å². The first-order valence-electron chi connectivity index (χ1n) is 10.4. The van der Waals surface area contributed by atoms with Crippen LogP contribution in [0.2, 0.25) is 0 Å².